The lowest BCUT2D eigenvalue weighted by molar-refractivity contribution is 0.117. The summed E-state index contributed by atoms with van der Waals surface area (Å²) in [5.74, 6) is 0.142. The van der Waals surface area contributed by atoms with Crippen LogP contribution in [-0.4, -0.2) is 23.8 Å². The number of ether oxygens (including phenoxy) is 1. The minimum Gasteiger partial charge on any atom is -0.376 e. The van der Waals surface area contributed by atoms with Gasteiger partial charge in [-0.3, -0.25) is 9.56 Å². The average molecular weight is 327 g/mol. The lowest BCUT2D eigenvalue weighted by Gasteiger charge is -2.08. The van der Waals surface area contributed by atoms with E-state index in [1.54, 1.807) is 23.5 Å². The Labute approximate surface area is 131 Å². The normalized spacial score (nSPS) is 19.3. The summed E-state index contributed by atoms with van der Waals surface area (Å²) < 4.78 is 20.7. The summed E-state index contributed by atoms with van der Waals surface area (Å²) in [6.45, 7) is 1.49. The molecule has 1 aromatic heterocycles. The Kier molecular flexibility index (Phi) is 4.73. The average Bonchev–Trinajstić information content (AvgIpc) is 3.15. The molecule has 2 aromatic rings. The minimum atomic E-state index is -0.250. The molecule has 1 aliphatic heterocycles. The fraction of sp³-hybridized carbons (Fsp3) is 0.400. The Hall–Kier alpha value is -1.17. The van der Waals surface area contributed by atoms with Crippen molar-refractivity contribution in [3.05, 3.63) is 46.0 Å². The van der Waals surface area contributed by atoms with Crippen LogP contribution in [0.15, 0.2) is 34.6 Å². The molecule has 112 valence electrons. The second-order valence-electron chi connectivity index (χ2n) is 4.93. The number of halogens is 2. The highest BCUT2D eigenvalue weighted by atomic mass is 35.5. The van der Waals surface area contributed by atoms with Gasteiger partial charge < -0.3 is 4.74 Å². The van der Waals surface area contributed by atoms with Crippen molar-refractivity contribution in [1.29, 1.82) is 0 Å². The topological polar surface area (TPSA) is 26.5 Å². The molecule has 0 N–H and O–H groups in total. The Bertz CT molecular complexity index is 659. The maximum absolute atomic E-state index is 13.1. The number of rotatable bonds is 4. The van der Waals surface area contributed by atoms with E-state index < -0.39 is 0 Å². The molecular formula is C15H16ClFN2OS. The third-order valence-electron chi connectivity index (χ3n) is 3.45. The number of nitrogens with zero attached hydrogens (tertiary/aromatic N) is 2. The van der Waals surface area contributed by atoms with E-state index in [1.807, 2.05) is 9.95 Å². The summed E-state index contributed by atoms with van der Waals surface area (Å²) in [6, 6.07) is 6.37. The Morgan fingerprint density at radius 2 is 2.19 bits per heavy atom. The van der Waals surface area contributed by atoms with Crippen LogP contribution in [0.25, 0.3) is 5.69 Å². The van der Waals surface area contributed by atoms with Crippen molar-refractivity contribution in [3.8, 4) is 5.69 Å². The van der Waals surface area contributed by atoms with Crippen LogP contribution >= 0.6 is 22.9 Å². The number of hydrogen-bond donors (Lipinski definition) is 0. The minimum absolute atomic E-state index is 0.216. The van der Waals surface area contributed by atoms with E-state index in [-0.39, 0.29) is 11.9 Å². The van der Waals surface area contributed by atoms with Gasteiger partial charge in [-0.1, -0.05) is 0 Å². The van der Waals surface area contributed by atoms with E-state index in [0.29, 0.717) is 12.4 Å². The Morgan fingerprint density at radius 1 is 1.38 bits per heavy atom. The van der Waals surface area contributed by atoms with Crippen molar-refractivity contribution >= 4 is 22.9 Å². The number of thiazole rings is 1. The second-order valence-corrected chi connectivity index (χ2v) is 6.03. The number of aromatic nitrogens is 1. The van der Waals surface area contributed by atoms with Gasteiger partial charge in [0.1, 0.15) is 5.82 Å². The molecule has 0 spiro atoms. The molecule has 2 heterocycles. The van der Waals surface area contributed by atoms with Crippen LogP contribution in [0.3, 0.4) is 0 Å². The molecule has 3 nitrogen and oxygen atoms in total. The van der Waals surface area contributed by atoms with Crippen molar-refractivity contribution in [2.45, 2.75) is 24.8 Å². The molecule has 1 aliphatic rings. The van der Waals surface area contributed by atoms with E-state index in [0.717, 1.165) is 35.6 Å². The van der Waals surface area contributed by atoms with Crippen LogP contribution < -0.4 is 4.80 Å². The first-order chi connectivity index (χ1) is 10.3. The van der Waals surface area contributed by atoms with Crippen LogP contribution in [0.2, 0.25) is 0 Å². The second kappa shape index (κ2) is 6.73. The highest BCUT2D eigenvalue weighted by Crippen LogP contribution is 2.15. The zero-order chi connectivity index (χ0) is 14.7. The summed E-state index contributed by atoms with van der Waals surface area (Å²) in [5.41, 5.74) is 1.83. The predicted octanol–water partition coefficient (Wildman–Crippen LogP) is 3.50. The summed E-state index contributed by atoms with van der Waals surface area (Å²) in [5, 5.41) is 1.99. The third-order valence-corrected chi connectivity index (χ3v) is 4.64. The molecule has 1 aromatic carbocycles. The van der Waals surface area contributed by atoms with Crippen molar-refractivity contribution in [1.82, 2.24) is 4.57 Å². The molecule has 0 saturated carbocycles. The summed E-state index contributed by atoms with van der Waals surface area (Å²) in [4.78, 5) is 5.53. The molecule has 3 rings (SSSR count). The maximum Gasteiger partial charge on any atom is 0.189 e. The van der Waals surface area contributed by atoms with Gasteiger partial charge in [0.15, 0.2) is 4.80 Å². The van der Waals surface area contributed by atoms with Gasteiger partial charge in [0.2, 0.25) is 0 Å². The monoisotopic (exact) mass is 326 g/mol. The molecule has 0 amide bonds. The Morgan fingerprint density at radius 3 is 2.86 bits per heavy atom. The van der Waals surface area contributed by atoms with Crippen molar-refractivity contribution in [2.75, 3.05) is 13.2 Å². The first-order valence-electron chi connectivity index (χ1n) is 6.91. The fourth-order valence-corrected chi connectivity index (χ4v) is 3.58. The van der Waals surface area contributed by atoms with Crippen LogP contribution in [0.5, 0.6) is 0 Å². The largest absolute Gasteiger partial charge is 0.376 e. The molecule has 6 heteroatoms. The zero-order valence-corrected chi connectivity index (χ0v) is 13.0. The van der Waals surface area contributed by atoms with E-state index in [4.69, 9.17) is 16.3 Å². The number of benzene rings is 1. The van der Waals surface area contributed by atoms with Gasteiger partial charge in [-0.15, -0.1) is 22.9 Å². The van der Waals surface area contributed by atoms with Crippen LogP contribution in [-0.2, 0) is 10.6 Å². The standard InChI is InChI=1S/C15H16ClFN2OS/c16-8-13-10-21-15(18-9-14-2-1-7-20-14)19(13)12-5-3-11(17)4-6-12/h3-6,10,14H,1-2,7-9H2/t14-/m1/s1. The van der Waals surface area contributed by atoms with Crippen molar-refractivity contribution < 1.29 is 9.13 Å². The van der Waals surface area contributed by atoms with Gasteiger partial charge in [0.25, 0.3) is 0 Å². The smallest absolute Gasteiger partial charge is 0.189 e. The van der Waals surface area contributed by atoms with Gasteiger partial charge >= 0.3 is 0 Å². The lowest BCUT2D eigenvalue weighted by Crippen LogP contribution is -2.19. The van der Waals surface area contributed by atoms with Crippen molar-refractivity contribution in [2.24, 2.45) is 4.99 Å². The molecular weight excluding hydrogens is 311 g/mol. The van der Waals surface area contributed by atoms with Gasteiger partial charge in [-0.25, -0.2) is 4.39 Å². The summed E-state index contributed by atoms with van der Waals surface area (Å²) in [7, 11) is 0. The first kappa shape index (κ1) is 14.8. The van der Waals surface area contributed by atoms with Gasteiger partial charge in [0, 0.05) is 17.7 Å². The van der Waals surface area contributed by atoms with E-state index in [9.17, 15) is 4.39 Å². The zero-order valence-electron chi connectivity index (χ0n) is 11.5. The van der Waals surface area contributed by atoms with Crippen LogP contribution in [0.1, 0.15) is 18.5 Å². The highest BCUT2D eigenvalue weighted by Gasteiger charge is 2.15. The van der Waals surface area contributed by atoms with Crippen LogP contribution in [0.4, 0.5) is 4.39 Å². The molecule has 1 saturated heterocycles. The quantitative estimate of drug-likeness (QED) is 0.790. The summed E-state index contributed by atoms with van der Waals surface area (Å²) in [6.07, 6.45) is 2.39. The van der Waals surface area contributed by atoms with E-state index in [1.165, 1.54) is 12.1 Å². The predicted molar refractivity (Wildman–Crippen MR) is 82.6 cm³/mol. The maximum atomic E-state index is 13.1. The van der Waals surface area contributed by atoms with Crippen LogP contribution in [0, 0.1) is 5.82 Å². The molecule has 0 radical (unpaired) electrons. The van der Waals surface area contributed by atoms with Crippen molar-refractivity contribution in [3.63, 3.8) is 0 Å². The molecule has 0 bridgehead atoms. The summed E-state index contributed by atoms with van der Waals surface area (Å²) >= 11 is 7.54. The third kappa shape index (κ3) is 3.36. The Balaban J connectivity index is 1.95. The highest BCUT2D eigenvalue weighted by molar-refractivity contribution is 7.07. The number of alkyl halides is 1. The molecule has 21 heavy (non-hydrogen) atoms. The SMILES string of the molecule is Fc1ccc(-n2c(CCl)csc2=NC[C@H]2CCCO2)cc1. The molecule has 1 atom stereocenters. The lowest BCUT2D eigenvalue weighted by atomic mass is 10.2. The molecule has 1 fully saturated rings. The van der Waals surface area contributed by atoms with E-state index >= 15 is 0 Å². The molecule has 0 unspecified atom stereocenters. The fourth-order valence-electron chi connectivity index (χ4n) is 2.38. The van der Waals surface area contributed by atoms with Gasteiger partial charge in [-0.2, -0.15) is 0 Å². The van der Waals surface area contributed by atoms with E-state index in [2.05, 4.69) is 4.99 Å². The molecule has 0 aliphatic carbocycles. The number of hydrogen-bond acceptors (Lipinski definition) is 3. The van der Waals surface area contributed by atoms with Gasteiger partial charge in [-0.05, 0) is 37.1 Å². The first-order valence-corrected chi connectivity index (χ1v) is 8.33. The van der Waals surface area contributed by atoms with Gasteiger partial charge in [0.05, 0.1) is 24.2 Å².